The van der Waals surface area contributed by atoms with Crippen LogP contribution in [0, 0.1) is 0 Å². The summed E-state index contributed by atoms with van der Waals surface area (Å²) in [6, 6.07) is 16.3. The number of aryl methyl sites for hydroxylation is 1. The van der Waals surface area contributed by atoms with E-state index in [1.165, 1.54) is 6.07 Å². The standard InChI is InChI=1S/C20H21N3O4S2/c1-3-15-5-11-18(12-6-15)29(26,27)23-17-9-7-16(8-10-17)19-13-14-20(22-21-19)28(24,25)4-2/h5-14,23H,3-4H2,1-2H3. The maximum Gasteiger partial charge on any atom is 0.261 e. The van der Waals surface area contributed by atoms with E-state index < -0.39 is 19.9 Å². The zero-order valence-electron chi connectivity index (χ0n) is 16.0. The minimum Gasteiger partial charge on any atom is -0.280 e. The van der Waals surface area contributed by atoms with Gasteiger partial charge in [-0.1, -0.05) is 38.1 Å². The van der Waals surface area contributed by atoms with Gasteiger partial charge in [-0.25, -0.2) is 16.8 Å². The maximum absolute atomic E-state index is 12.5. The molecule has 0 bridgehead atoms. The highest BCUT2D eigenvalue weighted by Crippen LogP contribution is 2.22. The Morgan fingerprint density at radius 3 is 1.97 bits per heavy atom. The van der Waals surface area contributed by atoms with Gasteiger partial charge in [-0.15, -0.1) is 10.2 Å². The molecule has 0 aliphatic carbocycles. The van der Waals surface area contributed by atoms with Crippen molar-refractivity contribution in [2.24, 2.45) is 0 Å². The van der Waals surface area contributed by atoms with Crippen LogP contribution in [0.3, 0.4) is 0 Å². The Morgan fingerprint density at radius 2 is 1.45 bits per heavy atom. The minimum atomic E-state index is -3.69. The summed E-state index contributed by atoms with van der Waals surface area (Å²) in [6.45, 7) is 3.55. The van der Waals surface area contributed by atoms with Crippen molar-refractivity contribution in [3.8, 4) is 11.3 Å². The van der Waals surface area contributed by atoms with Crippen LogP contribution in [0.1, 0.15) is 19.4 Å². The average molecular weight is 432 g/mol. The van der Waals surface area contributed by atoms with Crippen molar-refractivity contribution in [2.75, 3.05) is 10.5 Å². The fourth-order valence-electron chi connectivity index (χ4n) is 2.62. The van der Waals surface area contributed by atoms with Crippen LogP contribution >= 0.6 is 0 Å². The van der Waals surface area contributed by atoms with E-state index in [9.17, 15) is 16.8 Å². The quantitative estimate of drug-likeness (QED) is 0.615. The molecule has 1 aromatic heterocycles. The van der Waals surface area contributed by atoms with Crippen LogP contribution in [0.5, 0.6) is 0 Å². The second-order valence-corrected chi connectivity index (χ2v) is 10.2. The average Bonchev–Trinajstić information content (AvgIpc) is 2.74. The molecule has 7 nitrogen and oxygen atoms in total. The van der Waals surface area contributed by atoms with Crippen LogP contribution in [-0.4, -0.2) is 32.8 Å². The van der Waals surface area contributed by atoms with Gasteiger partial charge in [0, 0.05) is 11.3 Å². The molecule has 2 aromatic carbocycles. The lowest BCUT2D eigenvalue weighted by Crippen LogP contribution is -2.12. The predicted octanol–water partition coefficient (Wildman–Crippen LogP) is 3.30. The number of benzene rings is 2. The normalized spacial score (nSPS) is 11.9. The Hall–Kier alpha value is -2.78. The molecule has 3 rings (SSSR count). The van der Waals surface area contributed by atoms with Crippen molar-refractivity contribution >= 4 is 25.5 Å². The van der Waals surface area contributed by atoms with E-state index in [2.05, 4.69) is 14.9 Å². The van der Waals surface area contributed by atoms with Crippen molar-refractivity contribution in [3.63, 3.8) is 0 Å². The number of sulfone groups is 1. The highest BCUT2D eigenvalue weighted by molar-refractivity contribution is 7.92. The molecule has 0 radical (unpaired) electrons. The van der Waals surface area contributed by atoms with Crippen LogP contribution in [0.2, 0.25) is 0 Å². The largest absolute Gasteiger partial charge is 0.280 e. The summed E-state index contributed by atoms with van der Waals surface area (Å²) in [5.41, 5.74) is 2.65. The molecule has 0 aliphatic heterocycles. The topological polar surface area (TPSA) is 106 Å². The smallest absolute Gasteiger partial charge is 0.261 e. The zero-order chi connectivity index (χ0) is 21.1. The van der Waals surface area contributed by atoms with Gasteiger partial charge >= 0.3 is 0 Å². The lowest BCUT2D eigenvalue weighted by molar-refractivity contribution is 0.591. The van der Waals surface area contributed by atoms with Gasteiger partial charge in [-0.3, -0.25) is 4.72 Å². The van der Waals surface area contributed by atoms with Crippen LogP contribution < -0.4 is 4.72 Å². The first-order valence-electron chi connectivity index (χ1n) is 9.04. The molecule has 0 amide bonds. The Labute approximate surface area is 170 Å². The van der Waals surface area contributed by atoms with Crippen molar-refractivity contribution < 1.29 is 16.8 Å². The number of sulfonamides is 1. The second-order valence-electron chi connectivity index (χ2n) is 6.34. The molecule has 3 aromatic rings. The monoisotopic (exact) mass is 431 g/mol. The number of nitrogens with zero attached hydrogens (tertiary/aromatic N) is 2. The molecule has 0 fully saturated rings. The van der Waals surface area contributed by atoms with Crippen molar-refractivity contribution in [3.05, 3.63) is 66.2 Å². The number of rotatable bonds is 7. The van der Waals surface area contributed by atoms with E-state index in [-0.39, 0.29) is 15.7 Å². The Morgan fingerprint density at radius 1 is 0.793 bits per heavy atom. The first-order chi connectivity index (χ1) is 13.7. The molecule has 1 N–H and O–H groups in total. The molecule has 0 aliphatic rings. The number of hydrogen-bond donors (Lipinski definition) is 1. The number of aromatic nitrogens is 2. The number of hydrogen-bond acceptors (Lipinski definition) is 6. The van der Waals surface area contributed by atoms with Gasteiger partial charge in [0.2, 0.25) is 0 Å². The second kappa shape index (κ2) is 8.30. The molecule has 29 heavy (non-hydrogen) atoms. The number of anilines is 1. The van der Waals surface area contributed by atoms with E-state index in [0.717, 1.165) is 12.0 Å². The van der Waals surface area contributed by atoms with Crippen LogP contribution in [0.4, 0.5) is 5.69 Å². The fourth-order valence-corrected chi connectivity index (χ4v) is 4.41. The summed E-state index contributed by atoms with van der Waals surface area (Å²) in [4.78, 5) is 0.192. The molecule has 152 valence electrons. The van der Waals surface area contributed by atoms with Crippen LogP contribution in [-0.2, 0) is 26.3 Å². The molecule has 0 spiro atoms. The maximum atomic E-state index is 12.5. The third kappa shape index (κ3) is 4.80. The third-order valence-corrected chi connectivity index (χ3v) is 7.43. The zero-order valence-corrected chi connectivity index (χ0v) is 17.7. The summed E-state index contributed by atoms with van der Waals surface area (Å²) in [7, 11) is -7.09. The van der Waals surface area contributed by atoms with Gasteiger partial charge in [0.25, 0.3) is 10.0 Å². The summed E-state index contributed by atoms with van der Waals surface area (Å²) in [5.74, 6) is -0.0446. The molecule has 9 heteroatoms. The molecule has 1 heterocycles. The van der Waals surface area contributed by atoms with Crippen molar-refractivity contribution in [2.45, 2.75) is 30.2 Å². The van der Waals surface area contributed by atoms with E-state index >= 15 is 0 Å². The van der Waals surface area contributed by atoms with Crippen molar-refractivity contribution in [1.29, 1.82) is 0 Å². The highest BCUT2D eigenvalue weighted by Gasteiger charge is 2.15. The summed E-state index contributed by atoms with van der Waals surface area (Å²) < 4.78 is 51.2. The molecule has 0 saturated carbocycles. The lowest BCUT2D eigenvalue weighted by Gasteiger charge is -2.09. The van der Waals surface area contributed by atoms with Gasteiger partial charge in [0.05, 0.1) is 16.3 Å². The predicted molar refractivity (Wildman–Crippen MR) is 112 cm³/mol. The van der Waals surface area contributed by atoms with Gasteiger partial charge in [-0.2, -0.15) is 0 Å². The van der Waals surface area contributed by atoms with Crippen molar-refractivity contribution in [1.82, 2.24) is 10.2 Å². The fraction of sp³-hybridized carbons (Fsp3) is 0.200. The molecular weight excluding hydrogens is 410 g/mol. The minimum absolute atomic E-state index is 0.0446. The van der Waals surface area contributed by atoms with Gasteiger partial charge in [0.15, 0.2) is 14.9 Å². The van der Waals surface area contributed by atoms with Gasteiger partial charge in [0.1, 0.15) is 0 Å². The van der Waals surface area contributed by atoms with E-state index in [1.54, 1.807) is 61.5 Å². The van der Waals surface area contributed by atoms with Crippen LogP contribution in [0.15, 0.2) is 70.6 Å². The Bertz CT molecular complexity index is 1190. The van der Waals surface area contributed by atoms with E-state index in [4.69, 9.17) is 0 Å². The molecular formula is C20H21N3O4S2. The number of nitrogens with one attached hydrogen (secondary N) is 1. The van der Waals surface area contributed by atoms with Crippen LogP contribution in [0.25, 0.3) is 11.3 Å². The highest BCUT2D eigenvalue weighted by atomic mass is 32.2. The van der Waals surface area contributed by atoms with Gasteiger partial charge in [-0.05, 0) is 48.4 Å². The first-order valence-corrected chi connectivity index (χ1v) is 12.2. The van der Waals surface area contributed by atoms with Gasteiger partial charge < -0.3 is 0 Å². The molecule has 0 unspecified atom stereocenters. The summed E-state index contributed by atoms with van der Waals surface area (Å²) >= 11 is 0. The Kier molecular flexibility index (Phi) is 5.99. The SMILES string of the molecule is CCc1ccc(S(=O)(=O)Nc2ccc(-c3ccc(S(=O)(=O)CC)nn3)cc2)cc1. The Balaban J connectivity index is 1.77. The lowest BCUT2D eigenvalue weighted by atomic mass is 10.1. The first kappa shape index (κ1) is 20.9. The molecule has 0 atom stereocenters. The summed E-state index contributed by atoms with van der Waals surface area (Å²) in [6.07, 6.45) is 0.837. The molecule has 0 saturated heterocycles. The van der Waals surface area contributed by atoms with E-state index in [1.807, 2.05) is 6.92 Å². The third-order valence-electron chi connectivity index (χ3n) is 4.41. The summed E-state index contributed by atoms with van der Waals surface area (Å²) in [5, 5.41) is 7.68. The van der Waals surface area contributed by atoms with E-state index in [0.29, 0.717) is 16.9 Å².